The van der Waals surface area contributed by atoms with Crippen molar-refractivity contribution in [2.24, 2.45) is 5.92 Å². The predicted octanol–water partition coefficient (Wildman–Crippen LogP) is 0.362. The van der Waals surface area contributed by atoms with Gasteiger partial charge in [0.2, 0.25) is 17.8 Å². The van der Waals surface area contributed by atoms with Crippen LogP contribution in [0.3, 0.4) is 0 Å². The summed E-state index contributed by atoms with van der Waals surface area (Å²) >= 11 is 0. The summed E-state index contributed by atoms with van der Waals surface area (Å²) in [6.45, 7) is 9.47. The zero-order valence-corrected chi connectivity index (χ0v) is 16.3. The summed E-state index contributed by atoms with van der Waals surface area (Å²) in [5.41, 5.74) is 0. The molecule has 27 heavy (non-hydrogen) atoms. The van der Waals surface area contributed by atoms with Crippen molar-refractivity contribution in [3.8, 4) is 0 Å². The highest BCUT2D eigenvalue weighted by atomic mass is 16.2. The van der Waals surface area contributed by atoms with E-state index in [1.165, 1.54) is 0 Å². The fourth-order valence-corrected chi connectivity index (χ4v) is 3.79. The van der Waals surface area contributed by atoms with Gasteiger partial charge in [-0.05, 0) is 18.4 Å². The Hall–Kier alpha value is -2.22. The molecule has 1 aromatic rings. The lowest BCUT2D eigenvalue weighted by Crippen LogP contribution is -2.57. The molecule has 0 aromatic carbocycles. The van der Waals surface area contributed by atoms with Crippen molar-refractivity contribution < 1.29 is 9.59 Å². The van der Waals surface area contributed by atoms with Crippen molar-refractivity contribution in [3.05, 3.63) is 18.5 Å². The second-order valence-corrected chi connectivity index (χ2v) is 7.67. The van der Waals surface area contributed by atoms with E-state index in [4.69, 9.17) is 0 Å². The standard InChI is InChI=1S/C19H30N6O2/c1-15(2)14-25-10-7-20-18(27)16(25)13-17(26)23-8-4-9-24(12-11-23)19-21-5-3-6-22-19/h3,5-6,15-16H,4,7-14H2,1-2H3,(H,20,27). The van der Waals surface area contributed by atoms with Gasteiger partial charge in [0.1, 0.15) is 0 Å². The zero-order chi connectivity index (χ0) is 19.2. The molecule has 2 fully saturated rings. The molecule has 8 heteroatoms. The van der Waals surface area contributed by atoms with E-state index in [2.05, 4.69) is 38.9 Å². The molecule has 3 rings (SSSR count). The van der Waals surface area contributed by atoms with Crippen LogP contribution in [0.1, 0.15) is 26.7 Å². The van der Waals surface area contributed by atoms with Crippen LogP contribution in [0.4, 0.5) is 5.95 Å². The molecule has 148 valence electrons. The minimum absolute atomic E-state index is 0.0237. The monoisotopic (exact) mass is 374 g/mol. The molecule has 1 N–H and O–H groups in total. The summed E-state index contributed by atoms with van der Waals surface area (Å²) in [6.07, 6.45) is 4.60. The van der Waals surface area contributed by atoms with E-state index in [1.54, 1.807) is 18.5 Å². The molecule has 1 aromatic heterocycles. The topological polar surface area (TPSA) is 81.7 Å². The van der Waals surface area contributed by atoms with Gasteiger partial charge < -0.3 is 15.1 Å². The molecule has 1 unspecified atom stereocenters. The van der Waals surface area contributed by atoms with Crippen molar-refractivity contribution in [2.45, 2.75) is 32.7 Å². The van der Waals surface area contributed by atoms with Crippen LogP contribution in [0.5, 0.6) is 0 Å². The van der Waals surface area contributed by atoms with Gasteiger partial charge in [-0.25, -0.2) is 9.97 Å². The summed E-state index contributed by atoms with van der Waals surface area (Å²) in [6, 6.07) is 1.44. The second kappa shape index (κ2) is 9.12. The van der Waals surface area contributed by atoms with E-state index in [9.17, 15) is 9.59 Å². The van der Waals surface area contributed by atoms with Crippen LogP contribution in [-0.4, -0.2) is 83.4 Å². The van der Waals surface area contributed by atoms with Crippen LogP contribution in [0.15, 0.2) is 18.5 Å². The Labute approximate surface area is 160 Å². The Morgan fingerprint density at radius 3 is 2.70 bits per heavy atom. The maximum atomic E-state index is 12.9. The van der Waals surface area contributed by atoms with E-state index >= 15 is 0 Å². The molecule has 2 aliphatic heterocycles. The summed E-state index contributed by atoms with van der Waals surface area (Å²) in [7, 11) is 0. The van der Waals surface area contributed by atoms with Crippen LogP contribution in [0.2, 0.25) is 0 Å². The van der Waals surface area contributed by atoms with Gasteiger partial charge in [-0.3, -0.25) is 14.5 Å². The smallest absolute Gasteiger partial charge is 0.237 e. The third-order valence-electron chi connectivity index (χ3n) is 5.09. The summed E-state index contributed by atoms with van der Waals surface area (Å²) < 4.78 is 0. The lowest BCUT2D eigenvalue weighted by molar-refractivity contribution is -0.138. The molecular formula is C19H30N6O2. The summed E-state index contributed by atoms with van der Waals surface area (Å²) in [5, 5.41) is 2.91. The van der Waals surface area contributed by atoms with Crippen LogP contribution < -0.4 is 10.2 Å². The third kappa shape index (κ3) is 5.15. The van der Waals surface area contributed by atoms with Gasteiger partial charge in [0.25, 0.3) is 0 Å². The first-order chi connectivity index (χ1) is 13.0. The number of amides is 2. The number of anilines is 1. The molecule has 8 nitrogen and oxygen atoms in total. The Morgan fingerprint density at radius 2 is 1.96 bits per heavy atom. The Kier molecular flexibility index (Phi) is 6.60. The first-order valence-corrected chi connectivity index (χ1v) is 9.86. The lowest BCUT2D eigenvalue weighted by Gasteiger charge is -2.36. The van der Waals surface area contributed by atoms with Crippen molar-refractivity contribution in [1.29, 1.82) is 0 Å². The van der Waals surface area contributed by atoms with Crippen LogP contribution in [0.25, 0.3) is 0 Å². The zero-order valence-electron chi connectivity index (χ0n) is 16.3. The number of aromatic nitrogens is 2. The number of piperazine rings is 1. The highest BCUT2D eigenvalue weighted by Gasteiger charge is 2.33. The number of carbonyl (C=O) groups excluding carboxylic acids is 2. The SMILES string of the molecule is CC(C)CN1CCNC(=O)C1CC(=O)N1CCCN(c2ncccn2)CC1. The van der Waals surface area contributed by atoms with Crippen LogP contribution in [-0.2, 0) is 9.59 Å². The average molecular weight is 374 g/mol. The van der Waals surface area contributed by atoms with Gasteiger partial charge in [0.05, 0.1) is 12.5 Å². The maximum Gasteiger partial charge on any atom is 0.237 e. The first kappa shape index (κ1) is 19.5. The van der Waals surface area contributed by atoms with Crippen LogP contribution in [0, 0.1) is 5.92 Å². The normalized spacial score (nSPS) is 21.9. The Balaban J connectivity index is 1.59. The Bertz CT molecular complexity index is 638. The number of carbonyl (C=O) groups is 2. The lowest BCUT2D eigenvalue weighted by atomic mass is 10.1. The highest BCUT2D eigenvalue weighted by molar-refractivity contribution is 5.88. The minimum Gasteiger partial charge on any atom is -0.353 e. The third-order valence-corrected chi connectivity index (χ3v) is 5.09. The highest BCUT2D eigenvalue weighted by Crippen LogP contribution is 2.15. The fraction of sp³-hybridized carbons (Fsp3) is 0.684. The minimum atomic E-state index is -0.356. The molecular weight excluding hydrogens is 344 g/mol. The van der Waals surface area contributed by atoms with Crippen molar-refractivity contribution in [1.82, 2.24) is 25.1 Å². The van der Waals surface area contributed by atoms with E-state index in [0.717, 1.165) is 26.1 Å². The molecule has 2 amide bonds. The molecule has 0 saturated carbocycles. The van der Waals surface area contributed by atoms with Gasteiger partial charge in [-0.1, -0.05) is 13.8 Å². The molecule has 3 heterocycles. The molecule has 0 aliphatic carbocycles. The average Bonchev–Trinajstić information content (AvgIpc) is 2.91. The van der Waals surface area contributed by atoms with E-state index in [0.29, 0.717) is 38.0 Å². The van der Waals surface area contributed by atoms with E-state index < -0.39 is 0 Å². The second-order valence-electron chi connectivity index (χ2n) is 7.67. The van der Waals surface area contributed by atoms with Gasteiger partial charge in [0, 0.05) is 58.2 Å². The number of hydrogen-bond donors (Lipinski definition) is 1. The molecule has 1 atom stereocenters. The maximum absolute atomic E-state index is 12.9. The van der Waals surface area contributed by atoms with E-state index in [-0.39, 0.29) is 24.3 Å². The summed E-state index contributed by atoms with van der Waals surface area (Å²) in [4.78, 5) is 40.0. The number of rotatable bonds is 5. The fourth-order valence-electron chi connectivity index (χ4n) is 3.79. The van der Waals surface area contributed by atoms with Gasteiger partial charge in [-0.15, -0.1) is 0 Å². The molecule has 2 aliphatic rings. The van der Waals surface area contributed by atoms with Crippen LogP contribution >= 0.6 is 0 Å². The number of nitrogens with zero attached hydrogens (tertiary/aromatic N) is 5. The first-order valence-electron chi connectivity index (χ1n) is 9.86. The van der Waals surface area contributed by atoms with Crippen molar-refractivity contribution in [3.63, 3.8) is 0 Å². The van der Waals surface area contributed by atoms with Gasteiger partial charge in [-0.2, -0.15) is 0 Å². The number of nitrogens with one attached hydrogen (secondary N) is 1. The van der Waals surface area contributed by atoms with Crippen molar-refractivity contribution >= 4 is 17.8 Å². The summed E-state index contributed by atoms with van der Waals surface area (Å²) in [5.74, 6) is 1.21. The largest absolute Gasteiger partial charge is 0.353 e. The predicted molar refractivity (Wildman–Crippen MR) is 103 cm³/mol. The molecule has 0 bridgehead atoms. The molecule has 0 spiro atoms. The van der Waals surface area contributed by atoms with E-state index in [1.807, 2.05) is 4.90 Å². The van der Waals surface area contributed by atoms with Crippen molar-refractivity contribution in [2.75, 3.05) is 50.7 Å². The molecule has 0 radical (unpaired) electrons. The van der Waals surface area contributed by atoms with Gasteiger partial charge in [0.15, 0.2) is 0 Å². The number of hydrogen-bond acceptors (Lipinski definition) is 6. The quantitative estimate of drug-likeness (QED) is 0.802. The van der Waals surface area contributed by atoms with Gasteiger partial charge >= 0.3 is 0 Å². The molecule has 2 saturated heterocycles. The Morgan fingerprint density at radius 1 is 1.19 bits per heavy atom.